The van der Waals surface area contributed by atoms with Crippen molar-refractivity contribution in [2.24, 2.45) is 0 Å². The minimum atomic E-state index is 0.263. The molecule has 5 nitrogen and oxygen atoms in total. The van der Waals surface area contributed by atoms with Gasteiger partial charge in [0.2, 0.25) is 5.88 Å². The number of nitrogen functional groups attached to an aromatic ring is 1. The number of rotatable bonds is 4. The predicted octanol–water partition coefficient (Wildman–Crippen LogP) is 5.52. The smallest absolute Gasteiger partial charge is 0.248 e. The van der Waals surface area contributed by atoms with Crippen LogP contribution in [0.5, 0.6) is 11.6 Å². The fraction of sp³-hybridized carbons (Fsp3) is 0.111. The van der Waals surface area contributed by atoms with Gasteiger partial charge in [-0.25, -0.2) is 4.98 Å². The van der Waals surface area contributed by atoms with E-state index in [0.29, 0.717) is 27.3 Å². The minimum absolute atomic E-state index is 0.263. The molecule has 0 radical (unpaired) electrons. The van der Waals surface area contributed by atoms with Gasteiger partial charge in [-0.3, -0.25) is 0 Å². The van der Waals surface area contributed by atoms with Crippen molar-refractivity contribution in [3.8, 4) is 11.6 Å². The summed E-state index contributed by atoms with van der Waals surface area (Å²) in [6.07, 6.45) is 1.39. The van der Waals surface area contributed by atoms with E-state index in [-0.39, 0.29) is 5.88 Å². The lowest BCUT2D eigenvalue weighted by atomic mass is 10.2. The van der Waals surface area contributed by atoms with Crippen LogP contribution >= 0.6 is 23.2 Å². The number of hydrogen-bond acceptors (Lipinski definition) is 5. The average molecular weight is 375 g/mol. The molecule has 0 aliphatic heterocycles. The van der Waals surface area contributed by atoms with E-state index in [1.54, 1.807) is 12.1 Å². The van der Waals surface area contributed by atoms with Crippen molar-refractivity contribution in [2.45, 2.75) is 13.8 Å². The standard InChI is InChI=1S/C18H16Cl2N4O/c1-10-8-12(6-7-13(10)19)25-18-16(21)17(22-9-23-18)24-15-5-3-4-14(20)11(15)2/h3-9H,21H2,1-2H3,(H,22,23,24). The van der Waals surface area contributed by atoms with Crippen LogP contribution in [0.25, 0.3) is 0 Å². The summed E-state index contributed by atoms with van der Waals surface area (Å²) < 4.78 is 5.78. The maximum absolute atomic E-state index is 6.16. The zero-order valence-electron chi connectivity index (χ0n) is 13.7. The summed E-state index contributed by atoms with van der Waals surface area (Å²) in [6.45, 7) is 3.81. The van der Waals surface area contributed by atoms with Gasteiger partial charge in [0, 0.05) is 15.7 Å². The summed E-state index contributed by atoms with van der Waals surface area (Å²) in [5.74, 6) is 1.30. The third kappa shape index (κ3) is 3.78. The topological polar surface area (TPSA) is 73.1 Å². The van der Waals surface area contributed by atoms with Crippen molar-refractivity contribution < 1.29 is 4.74 Å². The Morgan fingerprint density at radius 2 is 1.84 bits per heavy atom. The first-order valence-corrected chi connectivity index (χ1v) is 8.28. The SMILES string of the molecule is Cc1cc(Oc2ncnc(Nc3cccc(Cl)c3C)c2N)ccc1Cl. The van der Waals surface area contributed by atoms with Crippen molar-refractivity contribution in [2.75, 3.05) is 11.1 Å². The van der Waals surface area contributed by atoms with Crippen LogP contribution in [0.4, 0.5) is 17.2 Å². The molecule has 0 aliphatic carbocycles. The van der Waals surface area contributed by atoms with Gasteiger partial charge in [-0.05, 0) is 55.3 Å². The Balaban J connectivity index is 1.89. The van der Waals surface area contributed by atoms with Crippen LogP contribution < -0.4 is 15.8 Å². The number of benzene rings is 2. The van der Waals surface area contributed by atoms with Crippen molar-refractivity contribution in [3.63, 3.8) is 0 Å². The monoisotopic (exact) mass is 374 g/mol. The normalized spacial score (nSPS) is 10.6. The number of ether oxygens (including phenoxy) is 1. The molecule has 0 amide bonds. The van der Waals surface area contributed by atoms with Crippen LogP contribution in [0.15, 0.2) is 42.7 Å². The molecular formula is C18H16Cl2N4O. The van der Waals surface area contributed by atoms with Crippen LogP contribution in [0.2, 0.25) is 10.0 Å². The Morgan fingerprint density at radius 3 is 2.60 bits per heavy atom. The van der Waals surface area contributed by atoms with E-state index >= 15 is 0 Å². The number of hydrogen-bond donors (Lipinski definition) is 2. The van der Waals surface area contributed by atoms with E-state index < -0.39 is 0 Å². The number of nitrogens with two attached hydrogens (primary N) is 1. The van der Waals surface area contributed by atoms with Crippen molar-refractivity contribution >= 4 is 40.4 Å². The van der Waals surface area contributed by atoms with Crippen molar-refractivity contribution in [3.05, 3.63) is 63.9 Å². The number of anilines is 3. The average Bonchev–Trinajstić information content (AvgIpc) is 2.59. The van der Waals surface area contributed by atoms with E-state index in [4.69, 9.17) is 33.7 Å². The lowest BCUT2D eigenvalue weighted by molar-refractivity contribution is 0.464. The van der Waals surface area contributed by atoms with Gasteiger partial charge < -0.3 is 15.8 Å². The second kappa shape index (κ2) is 7.17. The number of aromatic nitrogens is 2. The van der Waals surface area contributed by atoms with Gasteiger partial charge in [-0.15, -0.1) is 0 Å². The lowest BCUT2D eigenvalue weighted by Gasteiger charge is -2.14. The molecule has 0 aliphatic rings. The van der Waals surface area contributed by atoms with Crippen LogP contribution in [0, 0.1) is 13.8 Å². The van der Waals surface area contributed by atoms with Crippen LogP contribution in [-0.4, -0.2) is 9.97 Å². The Bertz CT molecular complexity index is 931. The molecule has 7 heteroatoms. The largest absolute Gasteiger partial charge is 0.437 e. The van der Waals surface area contributed by atoms with Gasteiger partial charge in [-0.2, -0.15) is 4.98 Å². The zero-order chi connectivity index (χ0) is 18.0. The number of nitrogens with zero attached hydrogens (tertiary/aromatic N) is 2. The van der Waals surface area contributed by atoms with E-state index in [0.717, 1.165) is 16.8 Å². The molecule has 0 saturated heterocycles. The second-order valence-electron chi connectivity index (χ2n) is 5.49. The van der Waals surface area contributed by atoms with Crippen LogP contribution in [0.1, 0.15) is 11.1 Å². The molecule has 3 N–H and O–H groups in total. The molecule has 0 spiro atoms. The van der Waals surface area contributed by atoms with E-state index in [1.165, 1.54) is 6.33 Å². The molecular weight excluding hydrogens is 359 g/mol. The molecule has 0 atom stereocenters. The first-order valence-electron chi connectivity index (χ1n) is 7.52. The summed E-state index contributed by atoms with van der Waals surface area (Å²) in [7, 11) is 0. The van der Waals surface area contributed by atoms with Crippen molar-refractivity contribution in [1.82, 2.24) is 9.97 Å². The minimum Gasteiger partial charge on any atom is -0.437 e. The van der Waals surface area contributed by atoms with Gasteiger partial charge in [0.15, 0.2) is 5.82 Å². The molecule has 0 fully saturated rings. The number of nitrogens with one attached hydrogen (secondary N) is 1. The summed E-state index contributed by atoms with van der Waals surface area (Å²) in [5.41, 5.74) is 9.08. The summed E-state index contributed by atoms with van der Waals surface area (Å²) >= 11 is 12.2. The fourth-order valence-electron chi connectivity index (χ4n) is 2.22. The highest BCUT2D eigenvalue weighted by atomic mass is 35.5. The van der Waals surface area contributed by atoms with Gasteiger partial charge in [0.25, 0.3) is 0 Å². The third-order valence-corrected chi connectivity index (χ3v) is 4.55. The fourth-order valence-corrected chi connectivity index (χ4v) is 2.52. The summed E-state index contributed by atoms with van der Waals surface area (Å²) in [6, 6.07) is 10.9. The van der Waals surface area contributed by atoms with E-state index in [1.807, 2.05) is 38.1 Å². The molecule has 2 aromatic carbocycles. The molecule has 1 aromatic heterocycles. The Labute approximate surface area is 155 Å². The molecule has 3 rings (SSSR count). The van der Waals surface area contributed by atoms with E-state index in [2.05, 4.69) is 15.3 Å². The molecule has 3 aromatic rings. The molecule has 0 bridgehead atoms. The molecule has 25 heavy (non-hydrogen) atoms. The second-order valence-corrected chi connectivity index (χ2v) is 6.31. The van der Waals surface area contributed by atoms with Gasteiger partial charge in [-0.1, -0.05) is 29.3 Å². The Morgan fingerprint density at radius 1 is 1.04 bits per heavy atom. The third-order valence-electron chi connectivity index (χ3n) is 3.71. The predicted molar refractivity (Wildman–Crippen MR) is 102 cm³/mol. The first kappa shape index (κ1) is 17.3. The quantitative estimate of drug-likeness (QED) is 0.628. The van der Waals surface area contributed by atoms with E-state index in [9.17, 15) is 0 Å². The number of aryl methyl sites for hydroxylation is 1. The Kier molecular flexibility index (Phi) is 4.97. The molecule has 0 unspecified atom stereocenters. The Hall–Kier alpha value is -2.50. The van der Waals surface area contributed by atoms with Gasteiger partial charge in [0.1, 0.15) is 17.8 Å². The highest BCUT2D eigenvalue weighted by Gasteiger charge is 2.12. The van der Waals surface area contributed by atoms with Gasteiger partial charge >= 0.3 is 0 Å². The van der Waals surface area contributed by atoms with Crippen LogP contribution in [-0.2, 0) is 0 Å². The molecule has 128 valence electrons. The molecule has 0 saturated carbocycles. The molecule has 1 heterocycles. The summed E-state index contributed by atoms with van der Waals surface area (Å²) in [4.78, 5) is 8.30. The summed E-state index contributed by atoms with van der Waals surface area (Å²) in [5, 5.41) is 4.49. The zero-order valence-corrected chi connectivity index (χ0v) is 15.2. The van der Waals surface area contributed by atoms with Crippen molar-refractivity contribution in [1.29, 1.82) is 0 Å². The first-order chi connectivity index (χ1) is 12.0. The highest BCUT2D eigenvalue weighted by molar-refractivity contribution is 6.31. The highest BCUT2D eigenvalue weighted by Crippen LogP contribution is 2.33. The lowest BCUT2D eigenvalue weighted by Crippen LogP contribution is -2.04. The maximum atomic E-state index is 6.16. The number of halogens is 2. The van der Waals surface area contributed by atoms with Gasteiger partial charge in [0.05, 0.1) is 0 Å². The maximum Gasteiger partial charge on any atom is 0.248 e. The van der Waals surface area contributed by atoms with Crippen LogP contribution in [0.3, 0.4) is 0 Å².